The summed E-state index contributed by atoms with van der Waals surface area (Å²) < 4.78 is 9.30. The maximum atomic E-state index is 12.3. The second-order valence-electron chi connectivity index (χ2n) is 6.43. The van der Waals surface area contributed by atoms with Gasteiger partial charge in [-0.15, -0.1) is 11.8 Å². The van der Waals surface area contributed by atoms with Crippen LogP contribution in [0.1, 0.15) is 22.8 Å². The van der Waals surface area contributed by atoms with E-state index < -0.39 is 47.9 Å². The van der Waals surface area contributed by atoms with Crippen LogP contribution < -0.4 is 5.32 Å². The van der Waals surface area contributed by atoms with Gasteiger partial charge >= 0.3 is 17.9 Å². The van der Waals surface area contributed by atoms with E-state index in [0.29, 0.717) is 11.3 Å². The number of carboxylic acids is 1. The van der Waals surface area contributed by atoms with Crippen molar-refractivity contribution in [1.82, 2.24) is 10.2 Å². The third-order valence-electron chi connectivity index (χ3n) is 4.39. The molecule has 2 atom stereocenters. The molecule has 1 saturated heterocycles. The molecule has 10 nitrogen and oxygen atoms in total. The maximum absolute atomic E-state index is 12.3. The van der Waals surface area contributed by atoms with Crippen molar-refractivity contribution in [1.29, 1.82) is 0 Å². The monoisotopic (exact) mass is 434 g/mol. The van der Waals surface area contributed by atoms with Gasteiger partial charge in [-0.1, -0.05) is 12.1 Å². The van der Waals surface area contributed by atoms with Crippen LogP contribution in [0.25, 0.3) is 0 Å². The second kappa shape index (κ2) is 8.99. The highest BCUT2D eigenvalue weighted by Gasteiger charge is 2.52. The van der Waals surface area contributed by atoms with Gasteiger partial charge in [-0.3, -0.25) is 19.3 Å². The molecule has 11 heteroatoms. The molecule has 0 saturated carbocycles. The number of carbonyl (C=O) groups excluding carboxylic acids is 4. The molecule has 1 fully saturated rings. The Morgan fingerprint density at radius 1 is 1.20 bits per heavy atom. The number of nitrogens with zero attached hydrogens (tertiary/aromatic N) is 1. The molecule has 3 rings (SSSR count). The van der Waals surface area contributed by atoms with E-state index in [1.54, 1.807) is 12.1 Å². The van der Waals surface area contributed by atoms with Crippen LogP contribution in [0.2, 0.25) is 0 Å². The van der Waals surface area contributed by atoms with Gasteiger partial charge in [0.25, 0.3) is 5.91 Å². The first-order valence-electron chi connectivity index (χ1n) is 8.85. The van der Waals surface area contributed by atoms with Crippen LogP contribution in [-0.4, -0.2) is 63.7 Å². The fourth-order valence-electron chi connectivity index (χ4n) is 2.96. The highest BCUT2D eigenvalue weighted by atomic mass is 32.2. The predicted molar refractivity (Wildman–Crippen MR) is 103 cm³/mol. The van der Waals surface area contributed by atoms with Gasteiger partial charge in [0.2, 0.25) is 12.7 Å². The predicted octanol–water partition coefficient (Wildman–Crippen LogP) is 0.275. The molecule has 1 aromatic carbocycles. The van der Waals surface area contributed by atoms with Gasteiger partial charge < -0.3 is 19.9 Å². The van der Waals surface area contributed by atoms with E-state index in [2.05, 4.69) is 10.1 Å². The first kappa shape index (κ1) is 21.4. The van der Waals surface area contributed by atoms with Gasteiger partial charge in [0.05, 0.1) is 12.0 Å². The molecule has 2 aliphatic heterocycles. The average Bonchev–Trinajstić information content (AvgIpc) is 2.71. The van der Waals surface area contributed by atoms with E-state index in [-0.39, 0.29) is 17.7 Å². The summed E-state index contributed by atoms with van der Waals surface area (Å²) >= 11 is 1.38. The summed E-state index contributed by atoms with van der Waals surface area (Å²) in [6.45, 7) is 0.708. The zero-order chi connectivity index (χ0) is 21.8. The Morgan fingerprint density at radius 2 is 1.90 bits per heavy atom. The summed E-state index contributed by atoms with van der Waals surface area (Å²) in [5.74, 6) is -2.84. The third kappa shape index (κ3) is 4.62. The minimum atomic E-state index is -1.18. The van der Waals surface area contributed by atoms with Crippen LogP contribution in [0.3, 0.4) is 0 Å². The Hall–Kier alpha value is -3.34. The summed E-state index contributed by atoms with van der Waals surface area (Å²) in [6, 6.07) is 5.29. The van der Waals surface area contributed by atoms with Gasteiger partial charge in [-0.25, -0.2) is 9.59 Å². The molecule has 2 N–H and O–H groups in total. The summed E-state index contributed by atoms with van der Waals surface area (Å²) in [6.07, 6.45) is 1.45. The van der Waals surface area contributed by atoms with Crippen molar-refractivity contribution in [2.75, 3.05) is 12.5 Å². The normalized spacial score (nSPS) is 19.7. The summed E-state index contributed by atoms with van der Waals surface area (Å²) in [7, 11) is 0. The van der Waals surface area contributed by atoms with Gasteiger partial charge in [-0.05, 0) is 23.8 Å². The van der Waals surface area contributed by atoms with Gasteiger partial charge in [0.15, 0.2) is 0 Å². The van der Waals surface area contributed by atoms with Crippen molar-refractivity contribution in [3.05, 3.63) is 47.2 Å². The molecule has 2 amide bonds. The largest absolute Gasteiger partial charge is 0.477 e. The van der Waals surface area contributed by atoms with Crippen LogP contribution in [0.4, 0.5) is 0 Å². The second-order valence-corrected chi connectivity index (χ2v) is 7.58. The van der Waals surface area contributed by atoms with Crippen LogP contribution >= 0.6 is 11.8 Å². The fourth-order valence-corrected chi connectivity index (χ4v) is 4.15. The standard InChI is InChI=1S/C19H18N2O8S/c1-10(22)28-9-29-19(27)12-4-2-11(3-5-12)8-14(23)20-15-16(24)21-13(18(25)26)6-7-30-17(15)21/h2-6,15,17H,7-9H2,1H3,(H,20,23)(H,25,26). The number of β-lactam (4-membered cyclic amide) rings is 1. The number of nitrogens with one attached hydrogen (secondary N) is 1. The Bertz CT molecular complexity index is 927. The molecule has 2 unspecified atom stereocenters. The number of hydrogen-bond donors (Lipinski definition) is 2. The Morgan fingerprint density at radius 3 is 2.53 bits per heavy atom. The first-order valence-corrected chi connectivity index (χ1v) is 9.89. The van der Waals surface area contributed by atoms with Gasteiger partial charge in [-0.2, -0.15) is 0 Å². The lowest BCUT2D eigenvalue weighted by Gasteiger charge is -2.48. The number of aliphatic carboxylic acids is 1. The summed E-state index contributed by atoms with van der Waals surface area (Å²) in [5.41, 5.74) is 0.767. The molecule has 0 aromatic heterocycles. The first-order chi connectivity index (χ1) is 14.3. The Kier molecular flexibility index (Phi) is 6.40. The van der Waals surface area contributed by atoms with Crippen molar-refractivity contribution in [3.63, 3.8) is 0 Å². The van der Waals surface area contributed by atoms with Crippen LogP contribution in [0.15, 0.2) is 36.0 Å². The van der Waals surface area contributed by atoms with Crippen molar-refractivity contribution < 1.29 is 38.6 Å². The van der Waals surface area contributed by atoms with Crippen molar-refractivity contribution in [2.24, 2.45) is 0 Å². The SMILES string of the molecule is CC(=O)OCOC(=O)c1ccc(CC(=O)NC2C(=O)N3C(C(=O)O)=CCSC23)cc1. The molecule has 0 aliphatic carbocycles. The molecule has 30 heavy (non-hydrogen) atoms. The van der Waals surface area contributed by atoms with E-state index in [0.717, 1.165) is 0 Å². The number of rotatable bonds is 7. The number of amides is 2. The molecule has 2 heterocycles. The fraction of sp³-hybridized carbons (Fsp3) is 0.316. The Balaban J connectivity index is 1.52. The number of ether oxygens (including phenoxy) is 2. The van der Waals surface area contributed by atoms with Crippen LogP contribution in [0.5, 0.6) is 0 Å². The molecule has 158 valence electrons. The zero-order valence-corrected chi connectivity index (χ0v) is 16.6. The van der Waals surface area contributed by atoms with Gasteiger partial charge in [0, 0.05) is 12.7 Å². The maximum Gasteiger partial charge on any atom is 0.352 e. The summed E-state index contributed by atoms with van der Waals surface area (Å²) in [5, 5.41) is 11.4. The Labute approximate surface area is 175 Å². The molecule has 0 radical (unpaired) electrons. The van der Waals surface area contributed by atoms with E-state index in [1.165, 1.54) is 41.8 Å². The van der Waals surface area contributed by atoms with Crippen molar-refractivity contribution in [2.45, 2.75) is 24.8 Å². The lowest BCUT2D eigenvalue weighted by atomic mass is 10.0. The minimum absolute atomic E-state index is 0.0223. The van der Waals surface area contributed by atoms with E-state index in [9.17, 15) is 24.0 Å². The number of carbonyl (C=O) groups is 5. The number of fused-ring (bicyclic) bond motifs is 1. The number of carboxylic acid groups (broad SMARTS) is 1. The number of hydrogen-bond acceptors (Lipinski definition) is 8. The van der Waals surface area contributed by atoms with Crippen molar-refractivity contribution >= 4 is 41.5 Å². The molecular weight excluding hydrogens is 416 g/mol. The minimum Gasteiger partial charge on any atom is -0.477 e. The highest BCUT2D eigenvalue weighted by molar-refractivity contribution is 8.00. The van der Waals surface area contributed by atoms with Crippen LogP contribution in [0, 0.1) is 0 Å². The molecular formula is C19H18N2O8S. The molecule has 0 spiro atoms. The highest BCUT2D eigenvalue weighted by Crippen LogP contribution is 2.37. The van der Waals surface area contributed by atoms with Crippen LogP contribution in [-0.2, 0) is 35.1 Å². The smallest absolute Gasteiger partial charge is 0.352 e. The topological polar surface area (TPSA) is 139 Å². The molecule has 1 aromatic rings. The lowest BCUT2D eigenvalue weighted by molar-refractivity contribution is -0.150. The number of benzene rings is 1. The zero-order valence-electron chi connectivity index (χ0n) is 15.8. The quantitative estimate of drug-likeness (QED) is 0.352. The summed E-state index contributed by atoms with van der Waals surface area (Å²) in [4.78, 5) is 59.4. The molecule has 0 bridgehead atoms. The van der Waals surface area contributed by atoms with E-state index >= 15 is 0 Å². The van der Waals surface area contributed by atoms with E-state index in [4.69, 9.17) is 9.84 Å². The average molecular weight is 434 g/mol. The lowest BCUT2D eigenvalue weighted by Crippen LogP contribution is -2.70. The number of esters is 2. The van der Waals surface area contributed by atoms with E-state index in [1.807, 2.05) is 0 Å². The number of thioether (sulfide) groups is 1. The third-order valence-corrected chi connectivity index (χ3v) is 5.57. The van der Waals surface area contributed by atoms with Crippen molar-refractivity contribution in [3.8, 4) is 0 Å². The van der Waals surface area contributed by atoms with Gasteiger partial charge in [0.1, 0.15) is 17.1 Å². The molecule has 2 aliphatic rings.